The van der Waals surface area contributed by atoms with Crippen molar-refractivity contribution in [1.29, 1.82) is 0 Å². The van der Waals surface area contributed by atoms with E-state index < -0.39 is 0 Å². The monoisotopic (exact) mass is 367 g/mol. The zero-order valence-electron chi connectivity index (χ0n) is 10.3. The number of rotatable bonds is 0. The number of dihydropyridines is 1. The van der Waals surface area contributed by atoms with Crippen molar-refractivity contribution in [2.24, 2.45) is 0 Å². The van der Waals surface area contributed by atoms with E-state index in [1.54, 1.807) is 0 Å². The van der Waals surface area contributed by atoms with Crippen LogP contribution >= 0.6 is 31.9 Å². The fourth-order valence-corrected chi connectivity index (χ4v) is 3.78. The fraction of sp³-hybridized carbons (Fsp3) is 0.333. The van der Waals surface area contributed by atoms with Gasteiger partial charge in [0.15, 0.2) is 0 Å². The van der Waals surface area contributed by atoms with Crippen molar-refractivity contribution >= 4 is 31.9 Å². The van der Waals surface area contributed by atoms with Gasteiger partial charge >= 0.3 is 0 Å². The van der Waals surface area contributed by atoms with Gasteiger partial charge < -0.3 is 5.32 Å². The van der Waals surface area contributed by atoms with Crippen LogP contribution in [0, 0.1) is 6.92 Å². The van der Waals surface area contributed by atoms with Gasteiger partial charge in [-0.3, -0.25) is 0 Å². The normalized spacial score (nSPS) is 22.1. The summed E-state index contributed by atoms with van der Waals surface area (Å²) < 4.78 is 2.45. The highest BCUT2D eigenvalue weighted by molar-refractivity contribution is 9.12. The number of hydrogen-bond donors (Lipinski definition) is 1. The summed E-state index contributed by atoms with van der Waals surface area (Å²) in [5.74, 6) is 0. The zero-order valence-corrected chi connectivity index (χ0v) is 13.4. The number of nitrogens with one attached hydrogen (secondary N) is 1. The molecule has 3 rings (SSSR count). The average Bonchev–Trinajstić information content (AvgIpc) is 2.53. The van der Waals surface area contributed by atoms with Gasteiger partial charge in [0.2, 0.25) is 0 Å². The van der Waals surface area contributed by atoms with Crippen LogP contribution < -0.4 is 5.32 Å². The Kier molecular flexibility index (Phi) is 3.37. The SMILES string of the molecule is Cc1ccc2c(c1Br)CCC1=CC(Br)=CNC1C2. The largest absolute Gasteiger partial charge is 0.383 e. The van der Waals surface area contributed by atoms with Gasteiger partial charge in [-0.1, -0.05) is 28.1 Å². The minimum atomic E-state index is 0.460. The first-order chi connectivity index (χ1) is 8.65. The molecule has 0 spiro atoms. The second kappa shape index (κ2) is 4.86. The summed E-state index contributed by atoms with van der Waals surface area (Å²) in [6.45, 7) is 2.16. The minimum absolute atomic E-state index is 0.460. The van der Waals surface area contributed by atoms with Crippen LogP contribution in [0.2, 0.25) is 0 Å². The molecule has 1 aliphatic heterocycles. The first-order valence-electron chi connectivity index (χ1n) is 6.24. The van der Waals surface area contributed by atoms with E-state index in [9.17, 15) is 0 Å². The molecule has 18 heavy (non-hydrogen) atoms. The van der Waals surface area contributed by atoms with Gasteiger partial charge in [0.05, 0.1) is 6.04 Å². The topological polar surface area (TPSA) is 12.0 Å². The van der Waals surface area contributed by atoms with Crippen LogP contribution in [0.25, 0.3) is 0 Å². The number of fused-ring (bicyclic) bond motifs is 2. The molecule has 1 aromatic rings. The van der Waals surface area contributed by atoms with Crippen LogP contribution in [0.15, 0.2) is 38.9 Å². The summed E-state index contributed by atoms with van der Waals surface area (Å²) in [5, 5.41) is 3.49. The smallest absolute Gasteiger partial charge is 0.0512 e. The maximum absolute atomic E-state index is 3.75. The summed E-state index contributed by atoms with van der Waals surface area (Å²) in [6.07, 6.45) is 7.67. The lowest BCUT2D eigenvalue weighted by Crippen LogP contribution is -2.30. The minimum Gasteiger partial charge on any atom is -0.383 e. The highest BCUT2D eigenvalue weighted by Crippen LogP contribution is 2.33. The first kappa shape index (κ1) is 12.5. The van der Waals surface area contributed by atoms with E-state index in [1.165, 1.54) is 26.7 Å². The Hall–Kier alpha value is -0.540. The molecule has 0 radical (unpaired) electrons. The fourth-order valence-electron chi connectivity index (χ4n) is 2.77. The predicted octanol–water partition coefficient (Wildman–Crippen LogP) is 4.38. The third-order valence-electron chi connectivity index (χ3n) is 3.81. The van der Waals surface area contributed by atoms with Crippen molar-refractivity contribution < 1.29 is 0 Å². The molecule has 0 fully saturated rings. The summed E-state index contributed by atoms with van der Waals surface area (Å²) in [5.41, 5.74) is 5.80. The Morgan fingerprint density at radius 2 is 2.06 bits per heavy atom. The summed E-state index contributed by atoms with van der Waals surface area (Å²) >= 11 is 7.30. The van der Waals surface area contributed by atoms with Crippen LogP contribution in [0.4, 0.5) is 0 Å². The van der Waals surface area contributed by atoms with Crippen molar-refractivity contribution in [3.63, 3.8) is 0 Å². The van der Waals surface area contributed by atoms with Crippen molar-refractivity contribution in [3.8, 4) is 0 Å². The number of aryl methyl sites for hydroxylation is 1. The highest BCUT2D eigenvalue weighted by Gasteiger charge is 2.23. The molecule has 1 heterocycles. The second-order valence-electron chi connectivity index (χ2n) is 5.01. The molecule has 0 aromatic heterocycles. The molecule has 0 amide bonds. The van der Waals surface area contributed by atoms with E-state index in [2.05, 4.69) is 68.5 Å². The molecule has 1 aliphatic carbocycles. The van der Waals surface area contributed by atoms with E-state index in [4.69, 9.17) is 0 Å². The van der Waals surface area contributed by atoms with Gasteiger partial charge in [-0.25, -0.2) is 0 Å². The van der Waals surface area contributed by atoms with Crippen LogP contribution in [0.5, 0.6) is 0 Å². The Bertz CT molecular complexity index is 558. The van der Waals surface area contributed by atoms with E-state index in [0.717, 1.165) is 23.7 Å². The number of hydrogen-bond acceptors (Lipinski definition) is 1. The molecule has 2 aliphatic rings. The van der Waals surface area contributed by atoms with Gasteiger partial charge in [-0.2, -0.15) is 0 Å². The van der Waals surface area contributed by atoms with Crippen LogP contribution in [0.3, 0.4) is 0 Å². The molecule has 1 unspecified atom stereocenters. The molecule has 0 saturated heterocycles. The predicted molar refractivity (Wildman–Crippen MR) is 82.9 cm³/mol. The van der Waals surface area contributed by atoms with E-state index >= 15 is 0 Å². The maximum Gasteiger partial charge on any atom is 0.0512 e. The van der Waals surface area contributed by atoms with Gasteiger partial charge in [-0.15, -0.1) is 0 Å². The van der Waals surface area contributed by atoms with E-state index in [-0.39, 0.29) is 0 Å². The Labute approximate surface area is 125 Å². The Morgan fingerprint density at radius 1 is 1.22 bits per heavy atom. The van der Waals surface area contributed by atoms with E-state index in [1.807, 2.05) is 0 Å². The quantitative estimate of drug-likeness (QED) is 0.716. The Balaban J connectivity index is 2.00. The molecular formula is C15H15Br2N. The third-order valence-corrected chi connectivity index (χ3v) is 5.38. The summed E-state index contributed by atoms with van der Waals surface area (Å²) in [7, 11) is 0. The average molecular weight is 369 g/mol. The lowest BCUT2D eigenvalue weighted by Gasteiger charge is -2.22. The molecule has 0 bridgehead atoms. The maximum atomic E-state index is 3.75. The van der Waals surface area contributed by atoms with Gasteiger partial charge in [0.1, 0.15) is 0 Å². The molecule has 94 valence electrons. The molecule has 1 aromatic carbocycles. The van der Waals surface area contributed by atoms with Crippen LogP contribution in [-0.4, -0.2) is 6.04 Å². The second-order valence-corrected chi connectivity index (χ2v) is 6.71. The third kappa shape index (κ3) is 2.19. The molecule has 1 atom stereocenters. The molecular weight excluding hydrogens is 354 g/mol. The lowest BCUT2D eigenvalue weighted by atomic mass is 9.98. The number of halogens is 2. The summed E-state index contributed by atoms with van der Waals surface area (Å²) in [6, 6.07) is 4.96. The molecule has 1 nitrogen and oxygen atoms in total. The van der Waals surface area contributed by atoms with Gasteiger partial charge in [-0.05, 0) is 70.5 Å². The first-order valence-corrected chi connectivity index (χ1v) is 7.83. The Morgan fingerprint density at radius 3 is 2.89 bits per heavy atom. The van der Waals surface area contributed by atoms with E-state index in [0.29, 0.717) is 6.04 Å². The molecule has 0 saturated carbocycles. The van der Waals surface area contributed by atoms with Crippen molar-refractivity contribution in [3.05, 3.63) is 55.6 Å². The van der Waals surface area contributed by atoms with Crippen molar-refractivity contribution in [2.75, 3.05) is 0 Å². The van der Waals surface area contributed by atoms with Crippen molar-refractivity contribution in [1.82, 2.24) is 5.32 Å². The standard InChI is InChI=1S/C15H15Br2N/c1-9-2-3-10-7-14-11(6-12(16)8-18-14)4-5-13(10)15(9)17/h2-3,6,8,14,18H,4-5,7H2,1H3. The lowest BCUT2D eigenvalue weighted by molar-refractivity contribution is 0.640. The van der Waals surface area contributed by atoms with Gasteiger partial charge in [0.25, 0.3) is 0 Å². The highest BCUT2D eigenvalue weighted by atomic mass is 79.9. The zero-order chi connectivity index (χ0) is 12.7. The summed E-state index contributed by atoms with van der Waals surface area (Å²) in [4.78, 5) is 0. The number of allylic oxidation sites excluding steroid dienone is 2. The van der Waals surface area contributed by atoms with Crippen LogP contribution in [0.1, 0.15) is 23.1 Å². The van der Waals surface area contributed by atoms with Crippen LogP contribution in [-0.2, 0) is 12.8 Å². The molecule has 1 N–H and O–H groups in total. The van der Waals surface area contributed by atoms with Gasteiger partial charge in [0, 0.05) is 15.2 Å². The van der Waals surface area contributed by atoms with Crippen molar-refractivity contribution in [2.45, 2.75) is 32.2 Å². The number of benzene rings is 1. The molecule has 3 heteroatoms.